The van der Waals surface area contributed by atoms with Gasteiger partial charge < -0.3 is 4.57 Å². The van der Waals surface area contributed by atoms with E-state index in [-0.39, 0.29) is 5.41 Å². The third-order valence-electron chi connectivity index (χ3n) is 7.84. The molecule has 1 aliphatic rings. The van der Waals surface area contributed by atoms with Crippen LogP contribution >= 0.6 is 0 Å². The molecule has 0 bridgehead atoms. The minimum Gasteiger partial charge on any atom is -0.309 e. The van der Waals surface area contributed by atoms with Gasteiger partial charge in [0, 0.05) is 27.4 Å². The lowest BCUT2D eigenvalue weighted by atomic mass is 9.80. The van der Waals surface area contributed by atoms with E-state index in [1.807, 2.05) is 12.1 Å². The van der Waals surface area contributed by atoms with Crippen molar-refractivity contribution in [1.29, 1.82) is 0 Å². The number of rotatable bonds is 2. The molecule has 7 rings (SSSR count). The van der Waals surface area contributed by atoms with Crippen molar-refractivity contribution in [3.05, 3.63) is 126 Å². The first-order valence-corrected chi connectivity index (χ1v) is 12.4. The average molecular weight is 460 g/mol. The summed E-state index contributed by atoms with van der Waals surface area (Å²) in [5, 5.41) is 2.60. The summed E-state index contributed by atoms with van der Waals surface area (Å²) in [5.41, 5.74) is 12.3. The van der Waals surface area contributed by atoms with Gasteiger partial charge in [0.2, 0.25) is 0 Å². The number of terminal acetylenes is 1. The number of para-hydroxylation sites is 2. The van der Waals surface area contributed by atoms with Gasteiger partial charge in [-0.1, -0.05) is 92.6 Å². The maximum atomic E-state index is 5.57. The molecule has 1 heterocycles. The van der Waals surface area contributed by atoms with Gasteiger partial charge in [0.1, 0.15) is 0 Å². The molecule has 1 aliphatic carbocycles. The van der Waals surface area contributed by atoms with Gasteiger partial charge in [0.25, 0.3) is 0 Å². The third kappa shape index (κ3) is 2.79. The highest BCUT2D eigenvalue weighted by molar-refractivity contribution is 6.13. The lowest BCUT2D eigenvalue weighted by Gasteiger charge is -2.24. The summed E-state index contributed by atoms with van der Waals surface area (Å²) < 4.78 is 2.45. The maximum Gasteiger partial charge on any atom is 0.0588 e. The number of hydrogen-bond donors (Lipinski definition) is 0. The summed E-state index contributed by atoms with van der Waals surface area (Å²) >= 11 is 0. The SMILES string of the molecule is C#Cc1ccc(-c2ccc3c(c2)C(C)(C)c2c-3ccc3c4ccccc4n(-c4ccccc4)c23)cc1. The Labute approximate surface area is 211 Å². The van der Waals surface area contributed by atoms with Crippen LogP contribution in [0.5, 0.6) is 0 Å². The van der Waals surface area contributed by atoms with E-state index in [2.05, 4.69) is 121 Å². The van der Waals surface area contributed by atoms with Crippen LogP contribution in [-0.4, -0.2) is 4.57 Å². The highest BCUT2D eigenvalue weighted by atomic mass is 15.0. The zero-order chi connectivity index (χ0) is 24.4. The second-order valence-corrected chi connectivity index (χ2v) is 10.2. The van der Waals surface area contributed by atoms with Crippen LogP contribution in [0.3, 0.4) is 0 Å². The number of aromatic nitrogens is 1. The predicted octanol–water partition coefficient (Wildman–Crippen LogP) is 8.74. The zero-order valence-electron chi connectivity index (χ0n) is 20.4. The fraction of sp³-hybridized carbons (Fsp3) is 0.0857. The molecule has 0 aliphatic heterocycles. The summed E-state index contributed by atoms with van der Waals surface area (Å²) in [7, 11) is 0. The van der Waals surface area contributed by atoms with Crippen molar-refractivity contribution in [2.45, 2.75) is 19.3 Å². The topological polar surface area (TPSA) is 4.93 Å². The van der Waals surface area contributed by atoms with Crippen molar-refractivity contribution < 1.29 is 0 Å². The average Bonchev–Trinajstić information content (AvgIpc) is 3.38. The summed E-state index contributed by atoms with van der Waals surface area (Å²) in [6, 6.07) is 39.3. The Balaban J connectivity index is 1.52. The van der Waals surface area contributed by atoms with Gasteiger partial charge in [-0.3, -0.25) is 0 Å². The van der Waals surface area contributed by atoms with Gasteiger partial charge in [0.15, 0.2) is 0 Å². The Morgan fingerprint density at radius 1 is 0.667 bits per heavy atom. The summed E-state index contributed by atoms with van der Waals surface area (Å²) in [6.45, 7) is 4.74. The number of hydrogen-bond acceptors (Lipinski definition) is 0. The first-order valence-electron chi connectivity index (χ1n) is 12.4. The fourth-order valence-electron chi connectivity index (χ4n) is 6.13. The van der Waals surface area contributed by atoms with E-state index in [4.69, 9.17) is 6.42 Å². The lowest BCUT2D eigenvalue weighted by molar-refractivity contribution is 0.664. The highest BCUT2D eigenvalue weighted by Crippen LogP contribution is 2.53. The maximum absolute atomic E-state index is 5.57. The van der Waals surface area contributed by atoms with Gasteiger partial charge in [-0.05, 0) is 69.8 Å². The molecule has 36 heavy (non-hydrogen) atoms. The van der Waals surface area contributed by atoms with Crippen LogP contribution in [0.4, 0.5) is 0 Å². The summed E-state index contributed by atoms with van der Waals surface area (Å²) in [5.74, 6) is 2.72. The van der Waals surface area contributed by atoms with Crippen LogP contribution in [0, 0.1) is 12.3 Å². The standard InChI is InChI=1S/C35H25N/c1-4-23-14-16-24(17-15-23)25-18-19-27-29-20-21-30-28-12-8-9-13-32(28)36(26-10-6-5-7-11-26)34(30)33(29)35(2,3)31(27)22-25/h1,5-22H,2-3H3. The Hall–Kier alpha value is -4.54. The molecule has 0 N–H and O–H groups in total. The zero-order valence-corrected chi connectivity index (χ0v) is 20.4. The molecule has 170 valence electrons. The summed E-state index contributed by atoms with van der Waals surface area (Å²) in [4.78, 5) is 0. The van der Waals surface area contributed by atoms with Crippen molar-refractivity contribution in [3.8, 4) is 40.3 Å². The molecule has 1 heteroatoms. The van der Waals surface area contributed by atoms with Gasteiger partial charge in [-0.25, -0.2) is 0 Å². The van der Waals surface area contributed by atoms with Gasteiger partial charge in [-0.2, -0.15) is 0 Å². The molecule has 0 radical (unpaired) electrons. The smallest absolute Gasteiger partial charge is 0.0588 e. The minimum atomic E-state index is -0.153. The largest absolute Gasteiger partial charge is 0.309 e. The van der Waals surface area contributed by atoms with Crippen molar-refractivity contribution >= 4 is 21.8 Å². The molecular weight excluding hydrogens is 434 g/mol. The molecule has 0 saturated carbocycles. The number of benzene rings is 5. The Morgan fingerprint density at radius 3 is 2.14 bits per heavy atom. The van der Waals surface area contributed by atoms with Crippen LogP contribution in [0.2, 0.25) is 0 Å². The predicted molar refractivity (Wildman–Crippen MR) is 152 cm³/mol. The van der Waals surface area contributed by atoms with E-state index < -0.39 is 0 Å². The Kier molecular flexibility index (Phi) is 4.32. The van der Waals surface area contributed by atoms with Crippen molar-refractivity contribution in [2.24, 2.45) is 0 Å². The first-order chi connectivity index (χ1) is 17.6. The van der Waals surface area contributed by atoms with Crippen LogP contribution in [0.1, 0.15) is 30.5 Å². The van der Waals surface area contributed by atoms with Crippen LogP contribution in [-0.2, 0) is 5.41 Å². The molecule has 0 amide bonds. The molecule has 0 fully saturated rings. The molecule has 5 aromatic carbocycles. The van der Waals surface area contributed by atoms with Gasteiger partial charge in [-0.15, -0.1) is 6.42 Å². The summed E-state index contributed by atoms with van der Waals surface area (Å²) in [6.07, 6.45) is 5.57. The van der Waals surface area contributed by atoms with Crippen molar-refractivity contribution in [2.75, 3.05) is 0 Å². The van der Waals surface area contributed by atoms with Crippen molar-refractivity contribution in [1.82, 2.24) is 4.57 Å². The lowest BCUT2D eigenvalue weighted by Crippen LogP contribution is -2.16. The molecule has 1 nitrogen and oxygen atoms in total. The van der Waals surface area contributed by atoms with E-state index in [1.165, 1.54) is 60.9 Å². The van der Waals surface area contributed by atoms with Crippen molar-refractivity contribution in [3.63, 3.8) is 0 Å². The molecule has 6 aromatic rings. The van der Waals surface area contributed by atoms with Gasteiger partial charge in [0.05, 0.1) is 11.0 Å². The minimum absolute atomic E-state index is 0.153. The second-order valence-electron chi connectivity index (χ2n) is 10.2. The van der Waals surface area contributed by atoms with E-state index in [1.54, 1.807) is 0 Å². The highest BCUT2D eigenvalue weighted by Gasteiger charge is 2.38. The van der Waals surface area contributed by atoms with E-state index in [9.17, 15) is 0 Å². The molecule has 1 aromatic heterocycles. The monoisotopic (exact) mass is 459 g/mol. The van der Waals surface area contributed by atoms with Crippen LogP contribution < -0.4 is 0 Å². The molecular formula is C35H25N. The first kappa shape index (κ1) is 20.8. The van der Waals surface area contributed by atoms with E-state index in [0.29, 0.717) is 0 Å². The van der Waals surface area contributed by atoms with Crippen LogP contribution in [0.25, 0.3) is 49.7 Å². The third-order valence-corrected chi connectivity index (χ3v) is 7.84. The van der Waals surface area contributed by atoms with E-state index >= 15 is 0 Å². The molecule has 0 saturated heterocycles. The van der Waals surface area contributed by atoms with Gasteiger partial charge >= 0.3 is 0 Å². The molecule has 0 atom stereocenters. The van der Waals surface area contributed by atoms with Crippen LogP contribution in [0.15, 0.2) is 109 Å². The Bertz CT molecular complexity index is 1840. The second kappa shape index (κ2) is 7.48. The molecule has 0 unspecified atom stereocenters. The quantitative estimate of drug-likeness (QED) is 0.228. The Morgan fingerprint density at radius 2 is 1.36 bits per heavy atom. The van der Waals surface area contributed by atoms with E-state index in [0.717, 1.165) is 5.56 Å². The fourth-order valence-corrected chi connectivity index (χ4v) is 6.13. The molecule has 0 spiro atoms. The normalized spacial score (nSPS) is 13.5. The number of nitrogens with zero attached hydrogens (tertiary/aromatic N) is 1. The number of fused-ring (bicyclic) bond motifs is 7.